The van der Waals surface area contributed by atoms with Crippen LogP contribution in [0.3, 0.4) is 0 Å². The number of nitrogens with one attached hydrogen (secondary N) is 1. The fourth-order valence-electron chi connectivity index (χ4n) is 2.66. The lowest BCUT2D eigenvalue weighted by molar-refractivity contribution is 1.22. The van der Waals surface area contributed by atoms with Crippen molar-refractivity contribution in [2.45, 2.75) is 0 Å². The molecule has 3 aromatic carbocycles. The number of rotatable bonds is 3. The molecule has 0 saturated heterocycles. The number of hydrogen-bond donors (Lipinski definition) is 1. The van der Waals surface area contributed by atoms with Crippen LogP contribution in [0.2, 0.25) is 5.28 Å². The van der Waals surface area contributed by atoms with E-state index in [2.05, 4.69) is 33.5 Å². The Bertz CT molecular complexity index is 986. The van der Waals surface area contributed by atoms with Crippen LogP contribution >= 0.6 is 11.6 Å². The van der Waals surface area contributed by atoms with E-state index in [0.29, 0.717) is 5.82 Å². The Labute approximate surface area is 145 Å². The number of hydrogen-bond acceptors (Lipinski definition) is 3. The highest BCUT2D eigenvalue weighted by Gasteiger charge is 2.09. The summed E-state index contributed by atoms with van der Waals surface area (Å²) in [5, 5.41) is 4.50. The summed E-state index contributed by atoms with van der Waals surface area (Å²) in [6.07, 6.45) is 0. The summed E-state index contributed by atoms with van der Waals surface area (Å²) >= 11 is 6.08. The Morgan fingerprint density at radius 2 is 1.42 bits per heavy atom. The van der Waals surface area contributed by atoms with Gasteiger partial charge in [-0.25, -0.2) is 4.98 Å². The van der Waals surface area contributed by atoms with Crippen LogP contribution in [-0.4, -0.2) is 9.97 Å². The number of fused-ring (bicyclic) bond motifs is 1. The highest BCUT2D eigenvalue weighted by atomic mass is 35.5. The van der Waals surface area contributed by atoms with Gasteiger partial charge in [0.05, 0.1) is 5.52 Å². The maximum absolute atomic E-state index is 6.08. The van der Waals surface area contributed by atoms with Gasteiger partial charge in [0, 0.05) is 11.1 Å². The third-order valence-electron chi connectivity index (χ3n) is 3.81. The van der Waals surface area contributed by atoms with E-state index in [4.69, 9.17) is 11.6 Å². The molecule has 0 aliphatic heterocycles. The van der Waals surface area contributed by atoms with E-state index >= 15 is 0 Å². The standard InChI is InChI=1S/C20H14ClN3/c21-20-23-18-12-11-15(14-7-3-1-4-8-14)13-17(18)19(24-20)22-16-9-5-2-6-10-16/h1-13H,(H,22,23,24). The SMILES string of the molecule is Clc1nc(Nc2ccccc2)c2cc(-c3ccccc3)ccc2n1. The van der Waals surface area contributed by atoms with E-state index in [1.54, 1.807) is 0 Å². The number of halogens is 1. The van der Waals surface area contributed by atoms with Crippen LogP contribution in [0.15, 0.2) is 78.9 Å². The van der Waals surface area contributed by atoms with Crippen LogP contribution in [0.1, 0.15) is 0 Å². The second kappa shape index (κ2) is 6.30. The molecule has 4 rings (SSSR count). The molecule has 1 aromatic heterocycles. The average Bonchev–Trinajstić information content (AvgIpc) is 2.63. The number of benzene rings is 3. The zero-order valence-corrected chi connectivity index (χ0v) is 13.5. The van der Waals surface area contributed by atoms with Crippen molar-refractivity contribution in [3.8, 4) is 11.1 Å². The maximum atomic E-state index is 6.08. The summed E-state index contributed by atoms with van der Waals surface area (Å²) in [6.45, 7) is 0. The lowest BCUT2D eigenvalue weighted by Gasteiger charge is -2.10. The van der Waals surface area contributed by atoms with Crippen molar-refractivity contribution in [3.05, 3.63) is 84.1 Å². The van der Waals surface area contributed by atoms with Crippen LogP contribution in [-0.2, 0) is 0 Å². The smallest absolute Gasteiger partial charge is 0.224 e. The zero-order chi connectivity index (χ0) is 16.4. The molecular weight excluding hydrogens is 318 g/mol. The van der Waals surface area contributed by atoms with E-state index in [9.17, 15) is 0 Å². The van der Waals surface area contributed by atoms with E-state index in [0.717, 1.165) is 27.7 Å². The van der Waals surface area contributed by atoms with Crippen molar-refractivity contribution < 1.29 is 0 Å². The molecule has 0 unspecified atom stereocenters. The number of nitrogens with zero attached hydrogens (tertiary/aromatic N) is 2. The molecule has 116 valence electrons. The third kappa shape index (κ3) is 2.94. The average molecular weight is 332 g/mol. The molecule has 4 aromatic rings. The van der Waals surface area contributed by atoms with Gasteiger partial charge >= 0.3 is 0 Å². The van der Waals surface area contributed by atoms with Gasteiger partial charge in [-0.05, 0) is 47.0 Å². The molecule has 0 fully saturated rings. The maximum Gasteiger partial charge on any atom is 0.224 e. The number of anilines is 2. The Balaban J connectivity index is 1.85. The second-order valence-corrected chi connectivity index (χ2v) is 5.77. The lowest BCUT2D eigenvalue weighted by Crippen LogP contribution is -1.97. The van der Waals surface area contributed by atoms with Gasteiger partial charge in [-0.15, -0.1) is 0 Å². The van der Waals surface area contributed by atoms with Gasteiger partial charge in [0.1, 0.15) is 5.82 Å². The van der Waals surface area contributed by atoms with Crippen LogP contribution in [0, 0.1) is 0 Å². The molecule has 0 aliphatic carbocycles. The highest BCUT2D eigenvalue weighted by Crippen LogP contribution is 2.29. The van der Waals surface area contributed by atoms with Gasteiger partial charge in [0.2, 0.25) is 5.28 Å². The summed E-state index contributed by atoms with van der Waals surface area (Å²) in [6, 6.07) is 26.3. The van der Waals surface area contributed by atoms with Gasteiger partial charge in [-0.3, -0.25) is 0 Å². The molecule has 24 heavy (non-hydrogen) atoms. The Morgan fingerprint density at radius 3 is 2.17 bits per heavy atom. The van der Waals surface area contributed by atoms with Crippen molar-refractivity contribution in [2.24, 2.45) is 0 Å². The number of para-hydroxylation sites is 1. The Hall–Kier alpha value is -2.91. The first-order chi connectivity index (χ1) is 11.8. The minimum atomic E-state index is 0.230. The van der Waals surface area contributed by atoms with Crippen molar-refractivity contribution in [3.63, 3.8) is 0 Å². The van der Waals surface area contributed by atoms with Crippen molar-refractivity contribution in [2.75, 3.05) is 5.32 Å². The van der Waals surface area contributed by atoms with Crippen LogP contribution in [0.5, 0.6) is 0 Å². The molecular formula is C20H14ClN3. The van der Waals surface area contributed by atoms with Crippen LogP contribution in [0.4, 0.5) is 11.5 Å². The van der Waals surface area contributed by atoms with E-state index in [1.165, 1.54) is 0 Å². The lowest BCUT2D eigenvalue weighted by atomic mass is 10.0. The minimum absolute atomic E-state index is 0.230. The van der Waals surface area contributed by atoms with E-state index in [-0.39, 0.29) is 5.28 Å². The van der Waals surface area contributed by atoms with Gasteiger partial charge in [-0.2, -0.15) is 4.98 Å². The molecule has 0 radical (unpaired) electrons. The fourth-order valence-corrected chi connectivity index (χ4v) is 2.84. The Morgan fingerprint density at radius 1 is 0.708 bits per heavy atom. The summed E-state index contributed by atoms with van der Waals surface area (Å²) < 4.78 is 0. The quantitative estimate of drug-likeness (QED) is 0.490. The minimum Gasteiger partial charge on any atom is -0.340 e. The molecule has 4 heteroatoms. The van der Waals surface area contributed by atoms with Crippen molar-refractivity contribution in [1.82, 2.24) is 9.97 Å². The fraction of sp³-hybridized carbons (Fsp3) is 0. The zero-order valence-electron chi connectivity index (χ0n) is 12.8. The van der Waals surface area contributed by atoms with Crippen molar-refractivity contribution >= 4 is 34.0 Å². The Kier molecular flexibility index (Phi) is 3.85. The van der Waals surface area contributed by atoms with Crippen LogP contribution in [0.25, 0.3) is 22.0 Å². The highest BCUT2D eigenvalue weighted by molar-refractivity contribution is 6.28. The van der Waals surface area contributed by atoms with Gasteiger partial charge < -0.3 is 5.32 Å². The summed E-state index contributed by atoms with van der Waals surface area (Å²) in [4.78, 5) is 8.70. The van der Waals surface area contributed by atoms with E-state index < -0.39 is 0 Å². The predicted molar refractivity (Wildman–Crippen MR) is 99.7 cm³/mol. The van der Waals surface area contributed by atoms with Crippen LogP contribution < -0.4 is 5.32 Å². The molecule has 0 aliphatic rings. The van der Waals surface area contributed by atoms with Gasteiger partial charge in [0.15, 0.2) is 0 Å². The summed E-state index contributed by atoms with van der Waals surface area (Å²) in [5.74, 6) is 0.703. The topological polar surface area (TPSA) is 37.8 Å². The number of aromatic nitrogens is 2. The van der Waals surface area contributed by atoms with Gasteiger partial charge in [0.25, 0.3) is 0 Å². The molecule has 0 spiro atoms. The van der Waals surface area contributed by atoms with Crippen molar-refractivity contribution in [1.29, 1.82) is 0 Å². The molecule has 1 heterocycles. The van der Waals surface area contributed by atoms with Gasteiger partial charge in [-0.1, -0.05) is 54.6 Å². The molecule has 3 nitrogen and oxygen atoms in total. The first-order valence-corrected chi connectivity index (χ1v) is 8.02. The molecule has 0 saturated carbocycles. The monoisotopic (exact) mass is 331 g/mol. The molecule has 1 N–H and O–H groups in total. The summed E-state index contributed by atoms with van der Waals surface area (Å²) in [5.41, 5.74) is 4.04. The normalized spacial score (nSPS) is 10.7. The predicted octanol–water partition coefficient (Wildman–Crippen LogP) is 5.69. The first-order valence-electron chi connectivity index (χ1n) is 7.64. The largest absolute Gasteiger partial charge is 0.340 e. The first kappa shape index (κ1) is 14.7. The van der Waals surface area contributed by atoms with E-state index in [1.807, 2.05) is 60.7 Å². The summed E-state index contributed by atoms with van der Waals surface area (Å²) in [7, 11) is 0. The third-order valence-corrected chi connectivity index (χ3v) is 3.98. The molecule has 0 bridgehead atoms. The molecule has 0 amide bonds. The second-order valence-electron chi connectivity index (χ2n) is 5.43. The molecule has 0 atom stereocenters.